The van der Waals surface area contributed by atoms with Crippen LogP contribution < -0.4 is 5.73 Å². The van der Waals surface area contributed by atoms with Gasteiger partial charge in [0.1, 0.15) is 5.54 Å². The second kappa shape index (κ2) is 5.39. The van der Waals surface area contributed by atoms with Gasteiger partial charge in [-0.3, -0.25) is 4.79 Å². The summed E-state index contributed by atoms with van der Waals surface area (Å²) in [5.41, 5.74) is 4.76. The van der Waals surface area contributed by atoms with Gasteiger partial charge in [0.2, 0.25) is 0 Å². The maximum Gasteiger partial charge on any atom is 0.327 e. The normalized spacial score (nSPS) is 13.5. The largest absolute Gasteiger partial charge is 0.468 e. The summed E-state index contributed by atoms with van der Waals surface area (Å²) in [5, 5.41) is 0. The fourth-order valence-corrected chi connectivity index (χ4v) is 0.935. The van der Waals surface area contributed by atoms with Crippen molar-refractivity contribution in [3.05, 3.63) is 12.7 Å². The van der Waals surface area contributed by atoms with E-state index in [-0.39, 0.29) is 0 Å². The maximum absolute atomic E-state index is 11.3. The molecular formula is C10H15NO2. The van der Waals surface area contributed by atoms with Gasteiger partial charge in [0, 0.05) is 6.42 Å². The van der Waals surface area contributed by atoms with E-state index in [1.165, 1.54) is 7.11 Å². The van der Waals surface area contributed by atoms with Crippen LogP contribution in [0.15, 0.2) is 12.7 Å². The molecule has 0 amide bonds. The van der Waals surface area contributed by atoms with E-state index in [9.17, 15) is 4.79 Å². The fraction of sp³-hybridized carbons (Fsp3) is 0.500. The topological polar surface area (TPSA) is 52.3 Å². The zero-order valence-corrected chi connectivity index (χ0v) is 8.09. The van der Waals surface area contributed by atoms with E-state index in [2.05, 4.69) is 23.2 Å². The van der Waals surface area contributed by atoms with Crippen molar-refractivity contribution in [1.29, 1.82) is 0 Å². The molecule has 72 valence electrons. The van der Waals surface area contributed by atoms with Gasteiger partial charge in [0.15, 0.2) is 0 Å². The molecule has 3 heteroatoms. The molecule has 0 aliphatic heterocycles. The number of nitrogens with two attached hydrogens (primary N) is 1. The number of hydrogen-bond donors (Lipinski definition) is 1. The first-order valence-electron chi connectivity index (χ1n) is 3.98. The number of carbonyl (C=O) groups excluding carboxylic acids is 1. The SMILES string of the molecule is C=CC[C@@](N)(CC#CC)C(=O)OC. The van der Waals surface area contributed by atoms with E-state index in [1.807, 2.05) is 0 Å². The van der Waals surface area contributed by atoms with E-state index in [0.29, 0.717) is 12.8 Å². The number of rotatable bonds is 4. The van der Waals surface area contributed by atoms with Crippen LogP contribution in [0, 0.1) is 11.8 Å². The van der Waals surface area contributed by atoms with Gasteiger partial charge >= 0.3 is 5.97 Å². The summed E-state index contributed by atoms with van der Waals surface area (Å²) in [4.78, 5) is 11.3. The van der Waals surface area contributed by atoms with Gasteiger partial charge in [-0.1, -0.05) is 6.08 Å². The van der Waals surface area contributed by atoms with Crippen molar-refractivity contribution in [3.8, 4) is 11.8 Å². The summed E-state index contributed by atoms with van der Waals surface area (Å²) >= 11 is 0. The van der Waals surface area contributed by atoms with Crippen LogP contribution in [0.25, 0.3) is 0 Å². The van der Waals surface area contributed by atoms with E-state index in [1.54, 1.807) is 13.0 Å². The highest BCUT2D eigenvalue weighted by Crippen LogP contribution is 2.13. The zero-order valence-electron chi connectivity index (χ0n) is 8.09. The zero-order chi connectivity index (χ0) is 10.3. The molecular weight excluding hydrogens is 166 g/mol. The Labute approximate surface area is 78.9 Å². The Bertz CT molecular complexity index is 249. The van der Waals surface area contributed by atoms with Crippen LogP contribution in [-0.2, 0) is 9.53 Å². The quantitative estimate of drug-likeness (QED) is 0.397. The Morgan fingerprint density at radius 2 is 2.38 bits per heavy atom. The standard InChI is InChI=1S/C10H15NO2/c1-4-6-8-10(11,7-5-2)9(12)13-3/h5H,2,7-8,11H2,1,3H3/t10-/m1/s1. The molecule has 0 heterocycles. The Kier molecular flexibility index (Phi) is 4.86. The van der Waals surface area contributed by atoms with Crippen molar-refractivity contribution in [3.63, 3.8) is 0 Å². The van der Waals surface area contributed by atoms with Crippen molar-refractivity contribution in [1.82, 2.24) is 0 Å². The molecule has 0 unspecified atom stereocenters. The first-order valence-corrected chi connectivity index (χ1v) is 3.98. The first-order chi connectivity index (χ1) is 6.10. The fourth-order valence-electron chi connectivity index (χ4n) is 0.935. The lowest BCUT2D eigenvalue weighted by molar-refractivity contribution is -0.146. The van der Waals surface area contributed by atoms with Crippen LogP contribution in [0.1, 0.15) is 19.8 Å². The Morgan fingerprint density at radius 1 is 1.77 bits per heavy atom. The summed E-state index contributed by atoms with van der Waals surface area (Å²) in [6.45, 7) is 5.23. The van der Waals surface area contributed by atoms with E-state index in [0.717, 1.165) is 0 Å². The summed E-state index contributed by atoms with van der Waals surface area (Å²) in [6, 6.07) is 0. The number of ether oxygens (including phenoxy) is 1. The Balaban J connectivity index is 4.56. The van der Waals surface area contributed by atoms with Gasteiger partial charge in [-0.05, 0) is 13.3 Å². The molecule has 0 aliphatic rings. The summed E-state index contributed by atoms with van der Waals surface area (Å²) in [7, 11) is 1.31. The highest BCUT2D eigenvalue weighted by atomic mass is 16.5. The highest BCUT2D eigenvalue weighted by molar-refractivity contribution is 5.81. The summed E-state index contributed by atoms with van der Waals surface area (Å²) in [5.74, 6) is 5.01. The highest BCUT2D eigenvalue weighted by Gasteiger charge is 2.32. The summed E-state index contributed by atoms with van der Waals surface area (Å²) in [6.07, 6.45) is 2.25. The molecule has 13 heavy (non-hydrogen) atoms. The van der Waals surface area contributed by atoms with E-state index >= 15 is 0 Å². The van der Waals surface area contributed by atoms with Gasteiger partial charge in [-0.2, -0.15) is 0 Å². The third-order valence-corrected chi connectivity index (χ3v) is 1.68. The van der Waals surface area contributed by atoms with Crippen LogP contribution in [-0.4, -0.2) is 18.6 Å². The van der Waals surface area contributed by atoms with Crippen LogP contribution in [0.4, 0.5) is 0 Å². The van der Waals surface area contributed by atoms with Crippen LogP contribution in [0.2, 0.25) is 0 Å². The monoisotopic (exact) mass is 181 g/mol. The molecule has 0 aromatic carbocycles. The molecule has 0 aromatic heterocycles. The van der Waals surface area contributed by atoms with Gasteiger partial charge in [-0.25, -0.2) is 0 Å². The molecule has 0 fully saturated rings. The molecule has 0 aromatic rings. The lowest BCUT2D eigenvalue weighted by atomic mass is 9.93. The molecule has 0 rings (SSSR count). The second-order valence-electron chi connectivity index (χ2n) is 2.74. The lowest BCUT2D eigenvalue weighted by Crippen LogP contribution is -2.48. The van der Waals surface area contributed by atoms with E-state index in [4.69, 9.17) is 5.73 Å². The molecule has 2 N–H and O–H groups in total. The molecule has 0 radical (unpaired) electrons. The van der Waals surface area contributed by atoms with Gasteiger partial charge < -0.3 is 10.5 Å². The predicted molar refractivity (Wildman–Crippen MR) is 51.8 cm³/mol. The van der Waals surface area contributed by atoms with Crippen molar-refractivity contribution in [2.75, 3.05) is 7.11 Å². The number of esters is 1. The number of carbonyl (C=O) groups is 1. The lowest BCUT2D eigenvalue weighted by Gasteiger charge is -2.22. The number of methoxy groups -OCH3 is 1. The average Bonchev–Trinajstić information content (AvgIpc) is 2.14. The second-order valence-corrected chi connectivity index (χ2v) is 2.74. The van der Waals surface area contributed by atoms with E-state index < -0.39 is 11.5 Å². The predicted octanol–water partition coefficient (Wildman–Crippen LogP) is 0.846. The third kappa shape index (κ3) is 3.30. The molecule has 0 saturated heterocycles. The summed E-state index contributed by atoms with van der Waals surface area (Å²) < 4.78 is 4.59. The molecule has 0 aliphatic carbocycles. The minimum atomic E-state index is -1.04. The average molecular weight is 181 g/mol. The van der Waals surface area contributed by atoms with Crippen molar-refractivity contribution < 1.29 is 9.53 Å². The molecule has 0 spiro atoms. The Hall–Kier alpha value is -1.27. The maximum atomic E-state index is 11.3. The van der Waals surface area contributed by atoms with Crippen molar-refractivity contribution in [2.45, 2.75) is 25.3 Å². The van der Waals surface area contributed by atoms with Crippen LogP contribution in [0.5, 0.6) is 0 Å². The molecule has 0 saturated carbocycles. The van der Waals surface area contributed by atoms with Gasteiger partial charge in [0.05, 0.1) is 7.11 Å². The minimum absolute atomic E-state index is 0.294. The van der Waals surface area contributed by atoms with Crippen molar-refractivity contribution in [2.24, 2.45) is 5.73 Å². The number of hydrogen-bond acceptors (Lipinski definition) is 3. The first kappa shape index (κ1) is 11.7. The van der Waals surface area contributed by atoms with Crippen LogP contribution >= 0.6 is 0 Å². The Morgan fingerprint density at radius 3 is 2.77 bits per heavy atom. The third-order valence-electron chi connectivity index (χ3n) is 1.68. The van der Waals surface area contributed by atoms with Crippen LogP contribution in [0.3, 0.4) is 0 Å². The molecule has 0 bridgehead atoms. The smallest absolute Gasteiger partial charge is 0.327 e. The van der Waals surface area contributed by atoms with Gasteiger partial charge in [-0.15, -0.1) is 18.4 Å². The van der Waals surface area contributed by atoms with Gasteiger partial charge in [0.25, 0.3) is 0 Å². The van der Waals surface area contributed by atoms with Crippen molar-refractivity contribution >= 4 is 5.97 Å². The molecule has 3 nitrogen and oxygen atoms in total. The molecule has 1 atom stereocenters. The minimum Gasteiger partial charge on any atom is -0.468 e.